The molecule has 2 fully saturated rings. The maximum Gasteiger partial charge on any atom is 0.255 e. The molecule has 0 aliphatic carbocycles. The predicted molar refractivity (Wildman–Crippen MR) is 122 cm³/mol. The summed E-state index contributed by atoms with van der Waals surface area (Å²) < 4.78 is 6.07. The van der Waals surface area contributed by atoms with Gasteiger partial charge in [0.25, 0.3) is 5.91 Å². The first-order valence-electron chi connectivity index (χ1n) is 12.0. The number of benzene rings is 1. The number of hydrogen-bond acceptors (Lipinski definition) is 7. The highest BCUT2D eigenvalue weighted by Gasteiger charge is 2.39. The molecule has 1 aromatic heterocycles. The lowest BCUT2D eigenvalue weighted by molar-refractivity contribution is -0.137. The fourth-order valence-corrected chi connectivity index (χ4v) is 5.04. The summed E-state index contributed by atoms with van der Waals surface area (Å²) in [5.41, 5.74) is 1.33. The zero-order valence-corrected chi connectivity index (χ0v) is 19.6. The van der Waals surface area contributed by atoms with E-state index >= 15 is 0 Å². The van der Waals surface area contributed by atoms with E-state index in [1.54, 1.807) is 19.1 Å². The number of ether oxygens (including phenoxy) is 1. The monoisotopic (exact) mass is 480 g/mol. The van der Waals surface area contributed by atoms with Gasteiger partial charge < -0.3 is 14.5 Å². The lowest BCUT2D eigenvalue weighted by atomic mass is 10.0. The molecule has 2 atom stereocenters. The molecule has 11 nitrogen and oxygen atoms in total. The molecular weight excluding hydrogens is 452 g/mol. The topological polar surface area (TPSA) is 138 Å². The van der Waals surface area contributed by atoms with Gasteiger partial charge in [-0.2, -0.15) is 5.10 Å². The van der Waals surface area contributed by atoms with Gasteiger partial charge in [-0.3, -0.25) is 29.6 Å². The van der Waals surface area contributed by atoms with E-state index in [1.807, 2.05) is 11.0 Å². The Hall–Kier alpha value is -3.76. The number of nitrogens with zero attached hydrogens (tertiary/aromatic N) is 4. The van der Waals surface area contributed by atoms with Crippen LogP contribution in [0, 0.1) is 6.92 Å². The molecule has 4 heterocycles. The van der Waals surface area contributed by atoms with Gasteiger partial charge in [-0.05, 0) is 56.4 Å². The minimum atomic E-state index is -0.647. The van der Waals surface area contributed by atoms with E-state index in [1.165, 1.54) is 4.90 Å². The summed E-state index contributed by atoms with van der Waals surface area (Å²) in [7, 11) is 0. The maximum absolute atomic E-state index is 12.9. The second-order valence-corrected chi connectivity index (χ2v) is 9.28. The summed E-state index contributed by atoms with van der Waals surface area (Å²) in [6.07, 6.45) is 3.52. The molecule has 1 aromatic carbocycles. The molecule has 0 saturated carbocycles. The minimum Gasteiger partial charge on any atom is -0.491 e. The van der Waals surface area contributed by atoms with E-state index in [-0.39, 0.29) is 36.6 Å². The average Bonchev–Trinajstić information content (AvgIpc) is 3.40. The number of hydrogen-bond donors (Lipinski definition) is 2. The summed E-state index contributed by atoms with van der Waals surface area (Å²) in [5, 5.41) is 9.15. The molecule has 0 spiro atoms. The third-order valence-corrected chi connectivity index (χ3v) is 6.84. The van der Waals surface area contributed by atoms with Crippen LogP contribution in [-0.2, 0) is 27.3 Å². The van der Waals surface area contributed by atoms with E-state index in [0.717, 1.165) is 24.8 Å². The number of likely N-dealkylation sites (tertiary alicyclic amines) is 1. The van der Waals surface area contributed by atoms with Gasteiger partial charge >= 0.3 is 0 Å². The Labute approximate surface area is 202 Å². The Morgan fingerprint density at radius 1 is 1.20 bits per heavy atom. The van der Waals surface area contributed by atoms with Gasteiger partial charge in [0.05, 0.1) is 12.5 Å². The Balaban J connectivity index is 1.22. The lowest BCUT2D eigenvalue weighted by Gasteiger charge is -2.35. The molecule has 3 aliphatic rings. The first-order valence-corrected chi connectivity index (χ1v) is 12.0. The number of fused-ring (bicyclic) bond motifs is 1. The summed E-state index contributed by atoms with van der Waals surface area (Å²) in [6, 6.07) is 4.59. The van der Waals surface area contributed by atoms with Crippen molar-refractivity contribution in [2.24, 2.45) is 0 Å². The highest BCUT2D eigenvalue weighted by atomic mass is 16.5. The number of nitrogens with one attached hydrogen (secondary N) is 2. The van der Waals surface area contributed by atoms with Crippen molar-refractivity contribution in [3.05, 3.63) is 41.0 Å². The van der Waals surface area contributed by atoms with Gasteiger partial charge in [0.2, 0.25) is 17.7 Å². The standard InChI is InChI=1S/C24H28N6O5/c1-14-25-20(28-27-14)11-22(32)29-9-3-2-4-16(29)13-35-17-5-6-18-15(10-17)12-30(24(18)34)19-7-8-21(31)26-23(19)33/h5-6,10,16,19H,2-4,7-9,11-13H2,1H3,(H,25,27,28)(H,26,31,33)/t16-,19?/m0/s1. The number of rotatable bonds is 6. The molecule has 2 N–H and O–H groups in total. The number of aryl methyl sites for hydroxylation is 1. The van der Waals surface area contributed by atoms with Crippen molar-refractivity contribution >= 4 is 23.6 Å². The second-order valence-electron chi connectivity index (χ2n) is 9.28. The van der Waals surface area contributed by atoms with Crippen molar-refractivity contribution in [3.8, 4) is 5.75 Å². The quantitative estimate of drug-likeness (QED) is 0.586. The molecule has 2 saturated heterocycles. The maximum atomic E-state index is 12.9. The van der Waals surface area contributed by atoms with E-state index in [9.17, 15) is 19.2 Å². The Morgan fingerprint density at radius 3 is 2.83 bits per heavy atom. The van der Waals surface area contributed by atoms with Gasteiger partial charge in [0.1, 0.15) is 24.2 Å². The first kappa shape index (κ1) is 23.0. The van der Waals surface area contributed by atoms with E-state index < -0.39 is 11.9 Å². The molecule has 0 radical (unpaired) electrons. The highest BCUT2D eigenvalue weighted by Crippen LogP contribution is 2.30. The summed E-state index contributed by atoms with van der Waals surface area (Å²) in [6.45, 7) is 3.12. The van der Waals surface area contributed by atoms with Crippen LogP contribution in [0.5, 0.6) is 5.75 Å². The predicted octanol–water partition coefficient (Wildman–Crippen LogP) is 0.877. The number of aromatic amines is 1. The van der Waals surface area contributed by atoms with Crippen molar-refractivity contribution in [3.63, 3.8) is 0 Å². The minimum absolute atomic E-state index is 0.0169. The number of imide groups is 1. The Bertz CT molecular complexity index is 1180. The van der Waals surface area contributed by atoms with Crippen LogP contribution in [-0.4, -0.2) is 73.8 Å². The fourth-order valence-electron chi connectivity index (χ4n) is 5.04. The molecule has 2 aromatic rings. The number of H-pyrrole nitrogens is 1. The van der Waals surface area contributed by atoms with Gasteiger partial charge in [0.15, 0.2) is 5.82 Å². The molecular formula is C24H28N6O5. The van der Waals surface area contributed by atoms with Crippen molar-refractivity contribution < 1.29 is 23.9 Å². The van der Waals surface area contributed by atoms with E-state index in [0.29, 0.717) is 49.1 Å². The molecule has 184 valence electrons. The van der Waals surface area contributed by atoms with Crippen molar-refractivity contribution in [2.45, 2.75) is 64.1 Å². The SMILES string of the molecule is Cc1nc(CC(=O)N2CCCC[C@H]2COc2ccc3c(c2)CN(C2CCC(=O)NC2=O)C3=O)n[nH]1. The molecule has 5 rings (SSSR count). The molecule has 0 bridgehead atoms. The van der Waals surface area contributed by atoms with Crippen LogP contribution in [0.3, 0.4) is 0 Å². The van der Waals surface area contributed by atoms with E-state index in [4.69, 9.17) is 4.74 Å². The number of carbonyl (C=O) groups is 4. The smallest absolute Gasteiger partial charge is 0.255 e. The third-order valence-electron chi connectivity index (χ3n) is 6.84. The molecule has 3 aliphatic heterocycles. The number of amides is 4. The highest BCUT2D eigenvalue weighted by molar-refractivity contribution is 6.05. The largest absolute Gasteiger partial charge is 0.491 e. The van der Waals surface area contributed by atoms with Crippen molar-refractivity contribution in [1.29, 1.82) is 0 Å². The average molecular weight is 481 g/mol. The van der Waals surface area contributed by atoms with Crippen LogP contribution in [0.4, 0.5) is 0 Å². The zero-order chi connectivity index (χ0) is 24.5. The van der Waals surface area contributed by atoms with Crippen LogP contribution in [0.2, 0.25) is 0 Å². The van der Waals surface area contributed by atoms with Gasteiger partial charge in [-0.15, -0.1) is 0 Å². The third kappa shape index (κ3) is 4.75. The molecule has 1 unspecified atom stereocenters. The molecule has 4 amide bonds. The van der Waals surface area contributed by atoms with Crippen molar-refractivity contribution in [2.75, 3.05) is 13.2 Å². The number of carbonyl (C=O) groups excluding carboxylic acids is 4. The zero-order valence-electron chi connectivity index (χ0n) is 19.6. The first-order chi connectivity index (χ1) is 16.9. The summed E-state index contributed by atoms with van der Waals surface area (Å²) in [4.78, 5) is 57.1. The van der Waals surface area contributed by atoms with Gasteiger partial charge in [-0.25, -0.2) is 4.98 Å². The van der Waals surface area contributed by atoms with Crippen LogP contribution in [0.25, 0.3) is 0 Å². The summed E-state index contributed by atoms with van der Waals surface area (Å²) >= 11 is 0. The molecule has 35 heavy (non-hydrogen) atoms. The Morgan fingerprint density at radius 2 is 2.06 bits per heavy atom. The second kappa shape index (κ2) is 9.47. The Kier molecular flexibility index (Phi) is 6.23. The van der Waals surface area contributed by atoms with E-state index in [2.05, 4.69) is 20.5 Å². The van der Waals surface area contributed by atoms with Crippen molar-refractivity contribution in [1.82, 2.24) is 30.3 Å². The summed E-state index contributed by atoms with van der Waals surface area (Å²) in [5.74, 6) is 0.811. The number of piperidine rings is 2. The normalized spacial score (nSPS) is 22.3. The van der Waals surface area contributed by atoms with Crippen LogP contribution >= 0.6 is 0 Å². The van der Waals surface area contributed by atoms with Gasteiger partial charge in [-0.1, -0.05) is 0 Å². The molecule has 11 heteroatoms. The number of aromatic nitrogens is 3. The van der Waals surface area contributed by atoms with Gasteiger partial charge in [0, 0.05) is 25.1 Å². The van der Waals surface area contributed by atoms with Crippen LogP contribution in [0.1, 0.15) is 59.7 Å². The van der Waals surface area contributed by atoms with Crippen LogP contribution in [0.15, 0.2) is 18.2 Å². The lowest BCUT2D eigenvalue weighted by Crippen LogP contribution is -2.52. The van der Waals surface area contributed by atoms with Crippen LogP contribution < -0.4 is 10.1 Å². The fraction of sp³-hybridized carbons (Fsp3) is 0.500.